The van der Waals surface area contributed by atoms with Gasteiger partial charge in [-0.3, -0.25) is 4.79 Å². The molecule has 150 valence electrons. The largest absolute Gasteiger partial charge is 0.497 e. The summed E-state index contributed by atoms with van der Waals surface area (Å²) < 4.78 is 10.5. The average Bonchev–Trinajstić information content (AvgIpc) is 3.31. The molecule has 0 atom stereocenters. The lowest BCUT2D eigenvalue weighted by molar-refractivity contribution is 0.0740. The number of piperazine rings is 1. The van der Waals surface area contributed by atoms with Crippen LogP contribution in [0.2, 0.25) is 0 Å². The van der Waals surface area contributed by atoms with Gasteiger partial charge in [-0.1, -0.05) is 0 Å². The molecule has 3 heterocycles. The van der Waals surface area contributed by atoms with E-state index >= 15 is 0 Å². The number of amides is 1. The van der Waals surface area contributed by atoms with E-state index in [2.05, 4.69) is 20.2 Å². The van der Waals surface area contributed by atoms with Crippen molar-refractivity contribution in [1.29, 1.82) is 0 Å². The molecule has 4 rings (SSSR count). The van der Waals surface area contributed by atoms with E-state index in [1.165, 1.54) is 6.20 Å². The Balaban J connectivity index is 1.30. The molecule has 1 saturated heterocycles. The van der Waals surface area contributed by atoms with Crippen LogP contribution in [0.3, 0.4) is 0 Å². The van der Waals surface area contributed by atoms with Gasteiger partial charge in [0.2, 0.25) is 0 Å². The number of nitrogens with zero attached hydrogens (tertiary/aromatic N) is 4. The van der Waals surface area contributed by atoms with Gasteiger partial charge in [0.1, 0.15) is 23.0 Å². The molecule has 0 radical (unpaired) electrons. The fourth-order valence-electron chi connectivity index (χ4n) is 3.24. The zero-order valence-corrected chi connectivity index (χ0v) is 16.2. The van der Waals surface area contributed by atoms with Crippen LogP contribution in [0.1, 0.15) is 16.2 Å². The highest BCUT2D eigenvalue weighted by Crippen LogP contribution is 2.21. The fraction of sp³-hybridized carbons (Fsp3) is 0.286. The summed E-state index contributed by atoms with van der Waals surface area (Å²) in [6, 6.07) is 11.7. The minimum Gasteiger partial charge on any atom is -0.497 e. The number of benzene rings is 1. The van der Waals surface area contributed by atoms with E-state index in [1.807, 2.05) is 41.3 Å². The van der Waals surface area contributed by atoms with Crippen LogP contribution in [0.15, 0.2) is 59.5 Å². The Kier molecular flexibility index (Phi) is 5.60. The maximum absolute atomic E-state index is 12.7. The molecule has 8 nitrogen and oxygen atoms in total. The quantitative estimate of drug-likeness (QED) is 0.689. The number of hydrogen-bond acceptors (Lipinski definition) is 7. The second-order valence-corrected chi connectivity index (χ2v) is 6.70. The molecule has 0 unspecified atom stereocenters. The summed E-state index contributed by atoms with van der Waals surface area (Å²) in [6.07, 6.45) is 4.71. The van der Waals surface area contributed by atoms with Crippen LogP contribution in [0.25, 0.3) is 0 Å². The van der Waals surface area contributed by atoms with Crippen LogP contribution >= 0.6 is 0 Å². The van der Waals surface area contributed by atoms with Crippen molar-refractivity contribution in [2.24, 2.45) is 0 Å². The summed E-state index contributed by atoms with van der Waals surface area (Å²) in [5, 5.41) is 3.12. The molecule has 1 fully saturated rings. The Bertz CT molecular complexity index is 918. The third-order valence-corrected chi connectivity index (χ3v) is 4.90. The highest BCUT2D eigenvalue weighted by atomic mass is 16.5. The normalized spacial score (nSPS) is 14.0. The number of rotatable bonds is 6. The zero-order chi connectivity index (χ0) is 20.1. The lowest BCUT2D eigenvalue weighted by atomic mass is 10.2. The Labute approximate surface area is 169 Å². The van der Waals surface area contributed by atoms with Crippen molar-refractivity contribution in [2.75, 3.05) is 43.5 Å². The third-order valence-electron chi connectivity index (χ3n) is 4.90. The van der Waals surface area contributed by atoms with Crippen molar-refractivity contribution >= 4 is 17.4 Å². The number of nitrogens with one attached hydrogen (secondary N) is 1. The Morgan fingerprint density at radius 2 is 1.90 bits per heavy atom. The zero-order valence-electron chi connectivity index (χ0n) is 16.2. The molecule has 29 heavy (non-hydrogen) atoms. The van der Waals surface area contributed by atoms with E-state index in [1.54, 1.807) is 19.6 Å². The number of methoxy groups -OCH3 is 1. The summed E-state index contributed by atoms with van der Waals surface area (Å²) in [7, 11) is 1.66. The molecule has 0 saturated carbocycles. The lowest BCUT2D eigenvalue weighted by Gasteiger charge is -2.36. The molecule has 1 aromatic carbocycles. The Morgan fingerprint density at radius 3 is 2.52 bits per heavy atom. The monoisotopic (exact) mass is 393 g/mol. The van der Waals surface area contributed by atoms with Crippen LogP contribution < -0.4 is 15.0 Å². The molecule has 1 amide bonds. The molecule has 0 spiro atoms. The van der Waals surface area contributed by atoms with Crippen LogP contribution in [0, 0.1) is 0 Å². The van der Waals surface area contributed by atoms with Crippen molar-refractivity contribution in [3.63, 3.8) is 0 Å². The topological polar surface area (TPSA) is 83.7 Å². The first kappa shape index (κ1) is 18.8. The third kappa shape index (κ3) is 4.48. The van der Waals surface area contributed by atoms with E-state index in [4.69, 9.17) is 9.15 Å². The first-order chi connectivity index (χ1) is 14.2. The van der Waals surface area contributed by atoms with Crippen molar-refractivity contribution in [3.05, 3.63) is 66.5 Å². The van der Waals surface area contributed by atoms with Gasteiger partial charge in [0.05, 0.1) is 32.3 Å². The molecule has 8 heteroatoms. The molecule has 2 aromatic heterocycles. The number of carbonyl (C=O) groups excluding carboxylic acids is 1. The van der Waals surface area contributed by atoms with Gasteiger partial charge in [-0.05, 0) is 36.4 Å². The maximum atomic E-state index is 12.7. The molecule has 1 aliphatic rings. The number of aromatic nitrogens is 2. The first-order valence-corrected chi connectivity index (χ1v) is 9.49. The van der Waals surface area contributed by atoms with Crippen molar-refractivity contribution in [1.82, 2.24) is 14.9 Å². The van der Waals surface area contributed by atoms with Gasteiger partial charge in [-0.2, -0.15) is 0 Å². The molecule has 0 aliphatic carbocycles. The van der Waals surface area contributed by atoms with E-state index in [9.17, 15) is 4.79 Å². The minimum absolute atomic E-state index is 0.0931. The number of hydrogen-bond donors (Lipinski definition) is 1. The lowest BCUT2D eigenvalue weighted by Crippen LogP contribution is -2.49. The van der Waals surface area contributed by atoms with Gasteiger partial charge in [0.15, 0.2) is 0 Å². The van der Waals surface area contributed by atoms with E-state index < -0.39 is 0 Å². The van der Waals surface area contributed by atoms with Crippen LogP contribution in [-0.2, 0) is 6.54 Å². The Hall–Kier alpha value is -3.55. The van der Waals surface area contributed by atoms with Gasteiger partial charge >= 0.3 is 0 Å². The number of anilines is 2. The van der Waals surface area contributed by atoms with Gasteiger partial charge < -0.3 is 24.3 Å². The SMILES string of the molecule is COc1ccc(N2CCN(C(=O)c3cnc(NCc4ccco4)cn3)CC2)cc1. The van der Waals surface area contributed by atoms with Gasteiger partial charge in [-0.25, -0.2) is 9.97 Å². The minimum atomic E-state index is -0.0931. The molecule has 3 aromatic rings. The highest BCUT2D eigenvalue weighted by molar-refractivity contribution is 5.92. The summed E-state index contributed by atoms with van der Waals surface area (Å²) in [5.74, 6) is 2.15. The van der Waals surface area contributed by atoms with Crippen LogP contribution in [0.5, 0.6) is 5.75 Å². The maximum Gasteiger partial charge on any atom is 0.274 e. The summed E-state index contributed by atoms with van der Waals surface area (Å²) in [5.41, 5.74) is 1.48. The molecule has 0 bridgehead atoms. The predicted molar refractivity (Wildman–Crippen MR) is 109 cm³/mol. The molecular formula is C21H23N5O3. The smallest absolute Gasteiger partial charge is 0.274 e. The molecular weight excluding hydrogens is 370 g/mol. The summed E-state index contributed by atoms with van der Waals surface area (Å²) >= 11 is 0. The molecule has 1 N–H and O–H groups in total. The average molecular weight is 393 g/mol. The van der Waals surface area contributed by atoms with E-state index in [0.29, 0.717) is 31.1 Å². The van der Waals surface area contributed by atoms with Crippen LogP contribution in [-0.4, -0.2) is 54.1 Å². The van der Waals surface area contributed by atoms with Gasteiger partial charge in [0.25, 0.3) is 5.91 Å². The van der Waals surface area contributed by atoms with E-state index in [0.717, 1.165) is 30.3 Å². The van der Waals surface area contributed by atoms with Crippen LogP contribution in [0.4, 0.5) is 11.5 Å². The second-order valence-electron chi connectivity index (χ2n) is 6.70. The number of furan rings is 1. The second kappa shape index (κ2) is 8.64. The number of ether oxygens (including phenoxy) is 1. The number of carbonyl (C=O) groups is 1. The van der Waals surface area contributed by atoms with Gasteiger partial charge in [0, 0.05) is 31.9 Å². The fourth-order valence-corrected chi connectivity index (χ4v) is 3.24. The van der Waals surface area contributed by atoms with E-state index in [-0.39, 0.29) is 5.91 Å². The summed E-state index contributed by atoms with van der Waals surface area (Å²) in [6.45, 7) is 3.35. The molecule has 1 aliphatic heterocycles. The highest BCUT2D eigenvalue weighted by Gasteiger charge is 2.23. The van der Waals surface area contributed by atoms with Gasteiger partial charge in [-0.15, -0.1) is 0 Å². The first-order valence-electron chi connectivity index (χ1n) is 9.49. The van der Waals surface area contributed by atoms with Crippen molar-refractivity contribution in [2.45, 2.75) is 6.54 Å². The predicted octanol–water partition coefficient (Wildman–Crippen LogP) is 2.65. The van der Waals surface area contributed by atoms with Crippen molar-refractivity contribution in [3.8, 4) is 5.75 Å². The summed E-state index contributed by atoms with van der Waals surface area (Å²) in [4.78, 5) is 25.4. The van der Waals surface area contributed by atoms with Crippen molar-refractivity contribution < 1.29 is 13.9 Å². The standard InChI is InChI=1S/C21H23N5O3/c1-28-17-6-4-16(5-7-17)25-8-10-26(11-9-25)21(27)19-14-24-20(15-22-19)23-13-18-3-2-12-29-18/h2-7,12,14-15H,8-11,13H2,1H3,(H,23,24). The Morgan fingerprint density at radius 1 is 1.10 bits per heavy atom.